The zero-order chi connectivity index (χ0) is 17.8. The maximum atomic E-state index is 13.2. The first-order valence-electron chi connectivity index (χ1n) is 8.28. The molecule has 2 aromatic carbocycles. The number of nitrogens with one attached hydrogen (secondary N) is 1. The van der Waals surface area contributed by atoms with Crippen molar-refractivity contribution < 1.29 is 9.18 Å². The summed E-state index contributed by atoms with van der Waals surface area (Å²) in [6.45, 7) is 2.43. The molecule has 1 atom stereocenters. The zero-order valence-electron chi connectivity index (χ0n) is 13.6. The van der Waals surface area contributed by atoms with Gasteiger partial charge in [0.15, 0.2) is 0 Å². The molecule has 0 saturated carbocycles. The average Bonchev–Trinajstić information content (AvgIpc) is 3.10. The van der Waals surface area contributed by atoms with Crippen LogP contribution in [0.25, 0.3) is 0 Å². The Balaban J connectivity index is 1.76. The summed E-state index contributed by atoms with van der Waals surface area (Å²) in [4.78, 5) is 14.8. The van der Waals surface area contributed by atoms with Gasteiger partial charge in [-0.2, -0.15) is 0 Å². The molecule has 1 aliphatic rings. The highest BCUT2D eigenvalue weighted by atomic mass is 79.9. The maximum Gasteiger partial charge on any atom is 0.252 e. The predicted octanol–water partition coefficient (Wildman–Crippen LogP) is 4.81. The Labute approximate surface area is 160 Å². The van der Waals surface area contributed by atoms with E-state index in [9.17, 15) is 9.18 Å². The molecule has 1 unspecified atom stereocenters. The van der Waals surface area contributed by atoms with E-state index in [-0.39, 0.29) is 17.8 Å². The molecule has 1 amide bonds. The van der Waals surface area contributed by atoms with Gasteiger partial charge >= 0.3 is 0 Å². The van der Waals surface area contributed by atoms with Crippen LogP contribution in [-0.2, 0) is 0 Å². The number of amides is 1. The fraction of sp³-hybridized carbons (Fsp3) is 0.316. The average molecular weight is 426 g/mol. The maximum absolute atomic E-state index is 13.2. The Morgan fingerprint density at radius 3 is 2.64 bits per heavy atom. The number of benzene rings is 2. The van der Waals surface area contributed by atoms with E-state index >= 15 is 0 Å². The molecule has 1 fully saturated rings. The normalized spacial score (nSPS) is 16.0. The molecule has 6 heteroatoms. The van der Waals surface area contributed by atoms with Crippen LogP contribution in [0, 0.1) is 5.82 Å². The summed E-state index contributed by atoms with van der Waals surface area (Å²) >= 11 is 9.63. The predicted molar refractivity (Wildman–Crippen MR) is 101 cm³/mol. The van der Waals surface area contributed by atoms with Crippen LogP contribution in [0.2, 0.25) is 5.02 Å². The molecule has 0 aromatic heterocycles. The second-order valence-corrected chi connectivity index (χ2v) is 7.38. The first-order chi connectivity index (χ1) is 12.1. The van der Waals surface area contributed by atoms with Crippen LogP contribution in [0.3, 0.4) is 0 Å². The summed E-state index contributed by atoms with van der Waals surface area (Å²) in [5.41, 5.74) is 1.44. The molecule has 1 N–H and O–H groups in total. The third-order valence-electron chi connectivity index (χ3n) is 4.48. The van der Waals surface area contributed by atoms with Gasteiger partial charge in [-0.1, -0.05) is 29.8 Å². The van der Waals surface area contributed by atoms with E-state index in [4.69, 9.17) is 11.6 Å². The van der Waals surface area contributed by atoms with Crippen LogP contribution in [-0.4, -0.2) is 30.4 Å². The van der Waals surface area contributed by atoms with Crippen molar-refractivity contribution >= 4 is 33.4 Å². The number of nitrogens with zero attached hydrogens (tertiary/aromatic N) is 1. The van der Waals surface area contributed by atoms with Crippen LogP contribution in [0.15, 0.2) is 46.9 Å². The van der Waals surface area contributed by atoms with Crippen molar-refractivity contribution in [1.82, 2.24) is 10.2 Å². The van der Waals surface area contributed by atoms with Gasteiger partial charge in [0.1, 0.15) is 5.82 Å². The number of likely N-dealkylation sites (tertiary alicyclic amines) is 1. The van der Waals surface area contributed by atoms with Crippen LogP contribution in [0.5, 0.6) is 0 Å². The SMILES string of the molecule is O=C(NCC(c1ccccc1Cl)N1CCCC1)c1ccc(F)cc1Br. The van der Waals surface area contributed by atoms with Gasteiger partial charge in [0.05, 0.1) is 11.6 Å². The first kappa shape index (κ1) is 18.4. The second-order valence-electron chi connectivity index (χ2n) is 6.11. The third-order valence-corrected chi connectivity index (χ3v) is 5.48. The number of hydrogen-bond donors (Lipinski definition) is 1. The Kier molecular flexibility index (Phi) is 6.10. The number of rotatable bonds is 5. The fourth-order valence-corrected chi connectivity index (χ4v) is 3.99. The van der Waals surface area contributed by atoms with E-state index in [1.54, 1.807) is 0 Å². The zero-order valence-corrected chi connectivity index (χ0v) is 16.0. The summed E-state index contributed by atoms with van der Waals surface area (Å²) in [6, 6.07) is 11.8. The quantitative estimate of drug-likeness (QED) is 0.746. The number of halogens is 3. The summed E-state index contributed by atoms with van der Waals surface area (Å²) in [5, 5.41) is 3.68. The van der Waals surface area contributed by atoms with E-state index in [1.165, 1.54) is 18.2 Å². The Bertz CT molecular complexity index is 765. The Morgan fingerprint density at radius 2 is 1.96 bits per heavy atom. The van der Waals surface area contributed by atoms with Gasteiger partial charge in [0.25, 0.3) is 5.91 Å². The molecule has 3 nitrogen and oxygen atoms in total. The minimum Gasteiger partial charge on any atom is -0.350 e. The van der Waals surface area contributed by atoms with E-state index in [0.29, 0.717) is 21.6 Å². The highest BCUT2D eigenvalue weighted by molar-refractivity contribution is 9.10. The Morgan fingerprint density at radius 1 is 1.24 bits per heavy atom. The van der Waals surface area contributed by atoms with Crippen LogP contribution in [0.1, 0.15) is 34.8 Å². The summed E-state index contributed by atoms with van der Waals surface area (Å²) in [6.07, 6.45) is 2.30. The number of hydrogen-bond acceptors (Lipinski definition) is 2. The fourth-order valence-electron chi connectivity index (χ4n) is 3.19. The lowest BCUT2D eigenvalue weighted by atomic mass is 10.0. The largest absolute Gasteiger partial charge is 0.350 e. The van der Waals surface area contributed by atoms with Crippen LogP contribution >= 0.6 is 27.5 Å². The molecule has 1 aliphatic heterocycles. The summed E-state index contributed by atoms with van der Waals surface area (Å²) < 4.78 is 13.7. The van der Waals surface area contributed by atoms with Crippen LogP contribution in [0.4, 0.5) is 4.39 Å². The molecule has 0 radical (unpaired) electrons. The minimum atomic E-state index is -0.380. The molecule has 132 valence electrons. The molecule has 0 bridgehead atoms. The van der Waals surface area contributed by atoms with Crippen molar-refractivity contribution in [2.45, 2.75) is 18.9 Å². The van der Waals surface area contributed by atoms with Crippen molar-refractivity contribution in [2.75, 3.05) is 19.6 Å². The van der Waals surface area contributed by atoms with E-state index in [1.807, 2.05) is 24.3 Å². The van der Waals surface area contributed by atoms with Gasteiger partial charge in [0, 0.05) is 16.0 Å². The highest BCUT2D eigenvalue weighted by Gasteiger charge is 2.25. The van der Waals surface area contributed by atoms with Crippen molar-refractivity contribution in [2.24, 2.45) is 0 Å². The van der Waals surface area contributed by atoms with E-state index in [0.717, 1.165) is 31.5 Å². The standard InChI is InChI=1S/C19H19BrClFN2O/c20-16-11-13(22)7-8-14(16)19(25)23-12-18(24-9-3-4-10-24)15-5-1-2-6-17(15)21/h1-2,5-8,11,18H,3-4,9-10,12H2,(H,23,25). The summed E-state index contributed by atoms with van der Waals surface area (Å²) in [7, 11) is 0. The Hall–Kier alpha value is -1.43. The highest BCUT2D eigenvalue weighted by Crippen LogP contribution is 2.30. The van der Waals surface area contributed by atoms with Gasteiger partial charge in [-0.25, -0.2) is 4.39 Å². The van der Waals surface area contributed by atoms with Crippen molar-refractivity contribution in [1.29, 1.82) is 0 Å². The molecule has 0 aliphatic carbocycles. The van der Waals surface area contributed by atoms with Gasteiger partial charge in [-0.15, -0.1) is 0 Å². The monoisotopic (exact) mass is 424 g/mol. The van der Waals surface area contributed by atoms with Crippen molar-refractivity contribution in [3.8, 4) is 0 Å². The van der Waals surface area contributed by atoms with Crippen LogP contribution < -0.4 is 5.32 Å². The topological polar surface area (TPSA) is 32.3 Å². The first-order valence-corrected chi connectivity index (χ1v) is 9.45. The lowest BCUT2D eigenvalue weighted by Crippen LogP contribution is -2.37. The molecule has 2 aromatic rings. The molecule has 25 heavy (non-hydrogen) atoms. The smallest absolute Gasteiger partial charge is 0.252 e. The van der Waals surface area contributed by atoms with E-state index < -0.39 is 0 Å². The molecule has 1 heterocycles. The van der Waals surface area contributed by atoms with Gasteiger partial charge in [-0.3, -0.25) is 9.69 Å². The molecule has 0 spiro atoms. The summed E-state index contributed by atoms with van der Waals surface area (Å²) in [5.74, 6) is -0.613. The van der Waals surface area contributed by atoms with Crippen molar-refractivity contribution in [3.63, 3.8) is 0 Å². The molecular formula is C19H19BrClFN2O. The third kappa shape index (κ3) is 4.40. The van der Waals surface area contributed by atoms with E-state index in [2.05, 4.69) is 26.1 Å². The van der Waals surface area contributed by atoms with Gasteiger partial charge in [0.2, 0.25) is 0 Å². The lowest BCUT2D eigenvalue weighted by Gasteiger charge is -2.29. The molecule has 3 rings (SSSR count). The van der Waals surface area contributed by atoms with Crippen molar-refractivity contribution in [3.05, 3.63) is 68.9 Å². The minimum absolute atomic E-state index is 0.0272. The molecular weight excluding hydrogens is 407 g/mol. The molecule has 1 saturated heterocycles. The lowest BCUT2D eigenvalue weighted by molar-refractivity contribution is 0.0937. The number of carbonyl (C=O) groups is 1. The number of carbonyl (C=O) groups excluding carboxylic acids is 1. The van der Waals surface area contributed by atoms with Gasteiger partial charge < -0.3 is 5.32 Å². The van der Waals surface area contributed by atoms with Gasteiger partial charge in [-0.05, 0) is 71.7 Å². The second kappa shape index (κ2) is 8.30.